The van der Waals surface area contributed by atoms with Crippen LogP contribution in [-0.4, -0.2) is 37.2 Å². The Morgan fingerprint density at radius 2 is 0.522 bits per heavy atom. The minimum Gasteiger partial charge on any atom is -0.462 e. The summed E-state index contributed by atoms with van der Waals surface area (Å²) in [5.74, 6) is -0.869. The summed E-state index contributed by atoms with van der Waals surface area (Å²) >= 11 is 0. The molecule has 0 aromatic carbocycles. The van der Waals surface area contributed by atoms with E-state index in [-0.39, 0.29) is 31.1 Å². The number of carbonyl (C=O) groups is 3. The maximum atomic E-state index is 12.8. The Balaban J connectivity index is 4.04. The summed E-state index contributed by atoms with van der Waals surface area (Å²) in [6.07, 6.45) is 70.5. The van der Waals surface area contributed by atoms with Gasteiger partial charge in [-0.05, 0) is 57.8 Å². The number of ether oxygens (including phenoxy) is 3. The first-order valence-corrected chi connectivity index (χ1v) is 30.5. The summed E-state index contributed by atoms with van der Waals surface area (Å²) in [5, 5.41) is 0. The van der Waals surface area contributed by atoms with Crippen molar-refractivity contribution < 1.29 is 28.6 Å². The molecule has 1 unspecified atom stereocenters. The SMILES string of the molecule is CCCCCCC/C=C\C/C=C\C/C=C\CCCCCCCCCCCCC(=O)OCC(COC(=O)CCCCCCC)OC(=O)CCCCCCCCCCCCCCCCCCCCCCC. The molecule has 404 valence electrons. The molecule has 6 heteroatoms. The predicted octanol–water partition coefficient (Wildman–Crippen LogP) is 20.4. The zero-order chi connectivity index (χ0) is 50.0. The third-order valence-electron chi connectivity index (χ3n) is 13.6. The lowest BCUT2D eigenvalue weighted by atomic mass is 10.0. The van der Waals surface area contributed by atoms with Crippen molar-refractivity contribution in [1.82, 2.24) is 0 Å². The van der Waals surface area contributed by atoms with Gasteiger partial charge in [0.25, 0.3) is 0 Å². The van der Waals surface area contributed by atoms with Crippen molar-refractivity contribution in [2.45, 2.75) is 335 Å². The van der Waals surface area contributed by atoms with Gasteiger partial charge in [-0.25, -0.2) is 0 Å². The van der Waals surface area contributed by atoms with Crippen LogP contribution >= 0.6 is 0 Å². The van der Waals surface area contributed by atoms with Crippen LogP contribution in [0.25, 0.3) is 0 Å². The molecule has 0 spiro atoms. The van der Waals surface area contributed by atoms with Gasteiger partial charge in [-0.3, -0.25) is 14.4 Å². The molecule has 0 aliphatic heterocycles. The Hall–Kier alpha value is -2.37. The third kappa shape index (κ3) is 56.4. The Morgan fingerprint density at radius 1 is 0.290 bits per heavy atom. The molecule has 0 saturated carbocycles. The largest absolute Gasteiger partial charge is 0.462 e. The highest BCUT2D eigenvalue weighted by atomic mass is 16.6. The van der Waals surface area contributed by atoms with Crippen LogP contribution in [0, 0.1) is 0 Å². The molecule has 0 N–H and O–H groups in total. The van der Waals surface area contributed by atoms with Crippen LogP contribution in [-0.2, 0) is 28.6 Å². The summed E-state index contributed by atoms with van der Waals surface area (Å²) < 4.78 is 16.8. The molecule has 0 amide bonds. The van der Waals surface area contributed by atoms with Crippen molar-refractivity contribution in [3.05, 3.63) is 36.5 Å². The van der Waals surface area contributed by atoms with Crippen LogP contribution in [0.4, 0.5) is 0 Å². The topological polar surface area (TPSA) is 78.9 Å². The van der Waals surface area contributed by atoms with Crippen LogP contribution in [0.1, 0.15) is 329 Å². The number of allylic oxidation sites excluding steroid dienone is 6. The van der Waals surface area contributed by atoms with Crippen LogP contribution < -0.4 is 0 Å². The van der Waals surface area contributed by atoms with Gasteiger partial charge in [-0.15, -0.1) is 0 Å². The molecule has 0 fully saturated rings. The third-order valence-corrected chi connectivity index (χ3v) is 13.6. The van der Waals surface area contributed by atoms with Gasteiger partial charge in [-0.1, -0.05) is 288 Å². The van der Waals surface area contributed by atoms with Gasteiger partial charge in [-0.2, -0.15) is 0 Å². The maximum absolute atomic E-state index is 12.8. The van der Waals surface area contributed by atoms with E-state index in [0.29, 0.717) is 19.3 Å². The fourth-order valence-corrected chi connectivity index (χ4v) is 9.04. The molecule has 0 radical (unpaired) electrons. The van der Waals surface area contributed by atoms with Crippen LogP contribution in [0.3, 0.4) is 0 Å². The highest BCUT2D eigenvalue weighted by Gasteiger charge is 2.19. The fraction of sp³-hybridized carbons (Fsp3) is 0.857. The van der Waals surface area contributed by atoms with Crippen molar-refractivity contribution in [2.24, 2.45) is 0 Å². The lowest BCUT2D eigenvalue weighted by molar-refractivity contribution is -0.167. The molecule has 1 atom stereocenters. The molecule has 0 aliphatic rings. The molecular weight excluding hydrogens is 853 g/mol. The van der Waals surface area contributed by atoms with E-state index < -0.39 is 6.10 Å². The summed E-state index contributed by atoms with van der Waals surface area (Å²) in [4.78, 5) is 37.9. The van der Waals surface area contributed by atoms with Crippen molar-refractivity contribution >= 4 is 17.9 Å². The van der Waals surface area contributed by atoms with Gasteiger partial charge in [0.15, 0.2) is 6.10 Å². The van der Waals surface area contributed by atoms with Crippen LogP contribution in [0.5, 0.6) is 0 Å². The number of esters is 3. The molecule has 69 heavy (non-hydrogen) atoms. The molecule has 0 heterocycles. The molecule has 0 saturated heterocycles. The molecule has 0 aliphatic carbocycles. The standard InChI is InChI=1S/C63H116O6/c1-4-7-10-13-15-17-19-21-23-25-27-29-30-31-32-34-35-37-39-41-43-45-47-50-53-56-62(65)68-59-60(58-67-61(64)55-52-49-12-9-6-3)69-63(66)57-54-51-48-46-44-42-40-38-36-33-28-26-24-22-20-18-16-14-11-8-5-2/h19,21,25,27,30-31,60H,4-18,20,22-24,26,28-29,32-59H2,1-3H3/b21-19-,27-25-,31-30-. The number of unbranched alkanes of at least 4 members (excludes halogenated alkanes) is 39. The van der Waals surface area contributed by atoms with Gasteiger partial charge in [0, 0.05) is 19.3 Å². The normalized spacial score (nSPS) is 12.2. The van der Waals surface area contributed by atoms with Gasteiger partial charge < -0.3 is 14.2 Å². The van der Waals surface area contributed by atoms with Crippen LogP contribution in [0.15, 0.2) is 36.5 Å². The van der Waals surface area contributed by atoms with E-state index in [2.05, 4.69) is 57.2 Å². The lowest BCUT2D eigenvalue weighted by Crippen LogP contribution is -2.30. The minimum atomic E-state index is -0.767. The Morgan fingerprint density at radius 3 is 0.812 bits per heavy atom. The smallest absolute Gasteiger partial charge is 0.306 e. The number of hydrogen-bond acceptors (Lipinski definition) is 6. The number of carbonyl (C=O) groups excluding carboxylic acids is 3. The summed E-state index contributed by atoms with van der Waals surface area (Å²) in [6, 6.07) is 0. The molecule has 6 nitrogen and oxygen atoms in total. The lowest BCUT2D eigenvalue weighted by Gasteiger charge is -2.18. The van der Waals surface area contributed by atoms with Crippen LogP contribution in [0.2, 0.25) is 0 Å². The van der Waals surface area contributed by atoms with E-state index in [1.807, 2.05) is 0 Å². The Labute approximate surface area is 429 Å². The number of hydrogen-bond donors (Lipinski definition) is 0. The van der Waals surface area contributed by atoms with Crippen molar-refractivity contribution in [3.8, 4) is 0 Å². The number of rotatable bonds is 56. The second-order valence-electron chi connectivity index (χ2n) is 20.6. The monoisotopic (exact) mass is 969 g/mol. The Bertz CT molecular complexity index is 1160. The first-order valence-electron chi connectivity index (χ1n) is 30.5. The zero-order valence-electron chi connectivity index (χ0n) is 46.3. The first kappa shape index (κ1) is 66.6. The highest BCUT2D eigenvalue weighted by Crippen LogP contribution is 2.17. The maximum Gasteiger partial charge on any atom is 0.306 e. The van der Waals surface area contributed by atoms with Gasteiger partial charge in [0.05, 0.1) is 0 Å². The van der Waals surface area contributed by atoms with E-state index in [0.717, 1.165) is 77.0 Å². The minimum absolute atomic E-state index is 0.0706. The summed E-state index contributed by atoms with van der Waals surface area (Å²) in [7, 11) is 0. The van der Waals surface area contributed by atoms with Gasteiger partial charge >= 0.3 is 17.9 Å². The average Bonchev–Trinajstić information content (AvgIpc) is 3.35. The molecular formula is C63H116O6. The zero-order valence-corrected chi connectivity index (χ0v) is 46.3. The van der Waals surface area contributed by atoms with Crippen molar-refractivity contribution in [2.75, 3.05) is 13.2 Å². The molecule has 0 aromatic rings. The predicted molar refractivity (Wildman–Crippen MR) is 298 cm³/mol. The van der Waals surface area contributed by atoms with Gasteiger partial charge in [0.1, 0.15) is 13.2 Å². The van der Waals surface area contributed by atoms with E-state index >= 15 is 0 Å². The average molecular weight is 970 g/mol. The fourth-order valence-electron chi connectivity index (χ4n) is 9.04. The first-order chi connectivity index (χ1) is 34.0. The van der Waals surface area contributed by atoms with Gasteiger partial charge in [0.2, 0.25) is 0 Å². The van der Waals surface area contributed by atoms with Crippen molar-refractivity contribution in [3.63, 3.8) is 0 Å². The summed E-state index contributed by atoms with van der Waals surface area (Å²) in [5.41, 5.74) is 0. The summed E-state index contributed by atoms with van der Waals surface area (Å²) in [6.45, 7) is 6.59. The highest BCUT2D eigenvalue weighted by molar-refractivity contribution is 5.71. The second-order valence-corrected chi connectivity index (χ2v) is 20.6. The molecule has 0 bridgehead atoms. The quantitative estimate of drug-likeness (QED) is 0.0261. The molecule has 0 aromatic heterocycles. The Kier molecular flexibility index (Phi) is 56.2. The van der Waals surface area contributed by atoms with E-state index in [4.69, 9.17) is 14.2 Å². The van der Waals surface area contributed by atoms with E-state index in [9.17, 15) is 14.4 Å². The second kappa shape index (κ2) is 58.2. The van der Waals surface area contributed by atoms with E-state index in [1.54, 1.807) is 0 Å². The molecule has 0 rings (SSSR count). The van der Waals surface area contributed by atoms with Crippen molar-refractivity contribution in [1.29, 1.82) is 0 Å². The van der Waals surface area contributed by atoms with E-state index in [1.165, 1.54) is 212 Å².